The number of nitrogens with zero attached hydrogens (tertiary/aromatic N) is 2. The third-order valence-electron chi connectivity index (χ3n) is 5.99. The Bertz CT molecular complexity index is 1000. The molecule has 0 atom stereocenters. The van der Waals surface area contributed by atoms with Crippen molar-refractivity contribution in [1.29, 1.82) is 0 Å². The molecule has 3 heterocycles. The molecule has 35 heavy (non-hydrogen) atoms. The molecule has 1 aromatic carbocycles. The monoisotopic (exact) mass is 473 g/mol. The zero-order chi connectivity index (χ0) is 25.8. The summed E-state index contributed by atoms with van der Waals surface area (Å²) in [5.74, 6) is 0.961. The zero-order valence-corrected chi connectivity index (χ0v) is 22.3. The van der Waals surface area contributed by atoms with Gasteiger partial charge in [-0.05, 0) is 80.2 Å². The van der Waals surface area contributed by atoms with E-state index in [9.17, 15) is 0 Å². The van der Waals surface area contributed by atoms with Crippen molar-refractivity contribution in [2.75, 3.05) is 19.7 Å². The number of ether oxygens (including phenoxy) is 1. The van der Waals surface area contributed by atoms with E-state index >= 15 is 0 Å². The van der Waals surface area contributed by atoms with E-state index in [1.165, 1.54) is 40.2 Å². The predicted molar refractivity (Wildman–Crippen MR) is 150 cm³/mol. The number of benzene rings is 1. The maximum atomic E-state index is 6.09. The first-order valence-electron chi connectivity index (χ1n) is 12.9. The SMILES string of the molecule is C#C.CC/C=C1/C=C(c2ccc(C)c(OCC)c2)C=C2C=CC(N3CCC(N)CC3)=CN21.CCC. The van der Waals surface area contributed by atoms with E-state index in [4.69, 9.17) is 10.5 Å². The smallest absolute Gasteiger partial charge is 0.122 e. The van der Waals surface area contributed by atoms with Crippen LogP contribution >= 0.6 is 0 Å². The molecule has 188 valence electrons. The molecule has 1 saturated heterocycles. The lowest BCUT2D eigenvalue weighted by molar-refractivity contribution is 0.266. The van der Waals surface area contributed by atoms with Crippen LogP contribution in [0, 0.1) is 19.8 Å². The molecule has 0 spiro atoms. The van der Waals surface area contributed by atoms with Crippen molar-refractivity contribution in [3.05, 3.63) is 83.0 Å². The summed E-state index contributed by atoms with van der Waals surface area (Å²) in [6.45, 7) is 13.3. The van der Waals surface area contributed by atoms with E-state index in [0.29, 0.717) is 12.6 Å². The number of nitrogens with two attached hydrogens (primary N) is 1. The minimum absolute atomic E-state index is 0.344. The molecule has 0 radical (unpaired) electrons. The van der Waals surface area contributed by atoms with Crippen molar-refractivity contribution in [3.63, 3.8) is 0 Å². The molecule has 4 heteroatoms. The molecular weight excluding hydrogens is 430 g/mol. The second-order valence-electron chi connectivity index (χ2n) is 8.91. The van der Waals surface area contributed by atoms with Gasteiger partial charge in [-0.1, -0.05) is 45.4 Å². The number of likely N-dealkylation sites (tertiary alicyclic amines) is 1. The Balaban J connectivity index is 0.000000803. The topological polar surface area (TPSA) is 41.7 Å². The van der Waals surface area contributed by atoms with Crippen LogP contribution in [-0.2, 0) is 0 Å². The van der Waals surface area contributed by atoms with Crippen LogP contribution in [0.4, 0.5) is 0 Å². The van der Waals surface area contributed by atoms with Crippen molar-refractivity contribution in [2.45, 2.75) is 66.3 Å². The molecule has 0 aliphatic carbocycles. The van der Waals surface area contributed by atoms with Crippen molar-refractivity contribution in [1.82, 2.24) is 9.80 Å². The van der Waals surface area contributed by atoms with Gasteiger partial charge >= 0.3 is 0 Å². The van der Waals surface area contributed by atoms with E-state index in [0.717, 1.165) is 38.1 Å². The Hall–Kier alpha value is -3.16. The van der Waals surface area contributed by atoms with Crippen LogP contribution in [0.15, 0.2) is 71.9 Å². The highest BCUT2D eigenvalue weighted by Gasteiger charge is 2.23. The van der Waals surface area contributed by atoms with Crippen LogP contribution < -0.4 is 10.5 Å². The Kier molecular flexibility index (Phi) is 11.5. The summed E-state index contributed by atoms with van der Waals surface area (Å²) in [7, 11) is 0. The van der Waals surface area contributed by atoms with Crippen LogP contribution in [-0.4, -0.2) is 35.5 Å². The molecular formula is C31H43N3O. The lowest BCUT2D eigenvalue weighted by atomic mass is 9.96. The van der Waals surface area contributed by atoms with Crippen molar-refractivity contribution in [2.24, 2.45) is 5.73 Å². The maximum absolute atomic E-state index is 6.09. The van der Waals surface area contributed by atoms with Gasteiger partial charge in [0.05, 0.1) is 12.3 Å². The van der Waals surface area contributed by atoms with Crippen molar-refractivity contribution < 1.29 is 4.74 Å². The number of terminal acetylenes is 1. The van der Waals surface area contributed by atoms with Gasteiger partial charge < -0.3 is 20.3 Å². The van der Waals surface area contributed by atoms with Crippen molar-refractivity contribution in [3.8, 4) is 18.6 Å². The first kappa shape index (κ1) is 28.1. The molecule has 0 saturated carbocycles. The van der Waals surface area contributed by atoms with E-state index in [2.05, 4.69) is 105 Å². The molecule has 2 N–H and O–H groups in total. The summed E-state index contributed by atoms with van der Waals surface area (Å²) in [4.78, 5) is 4.77. The van der Waals surface area contributed by atoms with Gasteiger partial charge in [-0.3, -0.25) is 0 Å². The molecule has 1 aromatic rings. The predicted octanol–water partition coefficient (Wildman–Crippen LogP) is 6.77. The van der Waals surface area contributed by atoms with Gasteiger partial charge in [0.2, 0.25) is 0 Å². The van der Waals surface area contributed by atoms with E-state index < -0.39 is 0 Å². The average molecular weight is 474 g/mol. The van der Waals surface area contributed by atoms with Gasteiger partial charge in [-0.25, -0.2) is 0 Å². The van der Waals surface area contributed by atoms with Gasteiger partial charge in [0, 0.05) is 36.7 Å². The highest BCUT2D eigenvalue weighted by Crippen LogP contribution is 2.35. The van der Waals surface area contributed by atoms with Crippen LogP contribution in [0.1, 0.15) is 64.5 Å². The Morgan fingerprint density at radius 3 is 2.31 bits per heavy atom. The number of allylic oxidation sites excluding steroid dienone is 6. The van der Waals surface area contributed by atoms with Crippen LogP contribution in [0.2, 0.25) is 0 Å². The fraction of sp³-hybridized carbons (Fsp3) is 0.419. The molecule has 0 unspecified atom stereocenters. The van der Waals surface area contributed by atoms with Crippen molar-refractivity contribution >= 4 is 5.57 Å². The van der Waals surface area contributed by atoms with Gasteiger partial charge in [0.1, 0.15) is 5.75 Å². The fourth-order valence-corrected chi connectivity index (χ4v) is 4.24. The highest BCUT2D eigenvalue weighted by atomic mass is 16.5. The zero-order valence-electron chi connectivity index (χ0n) is 22.3. The fourth-order valence-electron chi connectivity index (χ4n) is 4.24. The summed E-state index contributed by atoms with van der Waals surface area (Å²) < 4.78 is 5.83. The number of rotatable bonds is 5. The van der Waals surface area contributed by atoms with E-state index in [-0.39, 0.29) is 0 Å². The third kappa shape index (κ3) is 7.41. The number of hydrogen-bond donors (Lipinski definition) is 1. The highest BCUT2D eigenvalue weighted by molar-refractivity contribution is 5.80. The normalized spacial score (nSPS) is 18.3. The number of fused-ring (bicyclic) bond motifs is 1. The Morgan fingerprint density at radius 1 is 1.03 bits per heavy atom. The van der Waals surface area contributed by atoms with Gasteiger partial charge in [0.15, 0.2) is 0 Å². The second-order valence-corrected chi connectivity index (χ2v) is 8.91. The quantitative estimate of drug-likeness (QED) is 0.479. The molecule has 0 amide bonds. The summed E-state index contributed by atoms with van der Waals surface area (Å²) in [6, 6.07) is 6.83. The lowest BCUT2D eigenvalue weighted by Crippen LogP contribution is -2.39. The van der Waals surface area contributed by atoms with E-state index in [1.54, 1.807) is 0 Å². The summed E-state index contributed by atoms with van der Waals surface area (Å²) in [5.41, 5.74) is 13.4. The third-order valence-corrected chi connectivity index (χ3v) is 5.99. The summed E-state index contributed by atoms with van der Waals surface area (Å²) in [6.07, 6.45) is 26.0. The minimum atomic E-state index is 0.344. The van der Waals surface area contributed by atoms with Crippen LogP contribution in [0.3, 0.4) is 0 Å². The molecule has 4 nitrogen and oxygen atoms in total. The molecule has 4 rings (SSSR count). The molecule has 3 aliphatic rings. The molecule has 0 aromatic heterocycles. The minimum Gasteiger partial charge on any atom is -0.494 e. The maximum Gasteiger partial charge on any atom is 0.122 e. The van der Waals surface area contributed by atoms with Gasteiger partial charge in [0.25, 0.3) is 0 Å². The van der Waals surface area contributed by atoms with Gasteiger partial charge in [-0.15, -0.1) is 12.8 Å². The number of aryl methyl sites for hydroxylation is 1. The van der Waals surface area contributed by atoms with Gasteiger partial charge in [-0.2, -0.15) is 0 Å². The second kappa shape index (κ2) is 14.3. The van der Waals surface area contributed by atoms with E-state index in [1.807, 2.05) is 6.92 Å². The van der Waals surface area contributed by atoms with Crippen LogP contribution in [0.5, 0.6) is 5.75 Å². The molecule has 1 fully saturated rings. The summed E-state index contributed by atoms with van der Waals surface area (Å²) in [5, 5.41) is 0. The first-order valence-corrected chi connectivity index (χ1v) is 12.9. The Labute approximate surface area is 213 Å². The molecule has 3 aliphatic heterocycles. The number of hydrogen-bond acceptors (Lipinski definition) is 4. The first-order chi connectivity index (χ1) is 17.0. The van der Waals surface area contributed by atoms with Crippen LogP contribution in [0.25, 0.3) is 5.57 Å². The largest absolute Gasteiger partial charge is 0.494 e. The lowest BCUT2D eigenvalue weighted by Gasteiger charge is -2.37. The Morgan fingerprint density at radius 2 is 1.69 bits per heavy atom. The molecule has 0 bridgehead atoms. The number of piperidine rings is 1. The summed E-state index contributed by atoms with van der Waals surface area (Å²) >= 11 is 0. The standard InChI is InChI=1S/C26H33N3O.C3H8.C2H2/c1-4-6-23-15-21(20-8-7-19(3)26(17-20)30-5-2)16-24-9-10-25(18-29(23)24)28-13-11-22(27)12-14-28;1-3-2;1-2/h6-10,15-18,22H,4-5,11-14,27H2,1-3H3;3H2,1-2H3;1-2H/b23-6-;;. The average Bonchev–Trinajstić information content (AvgIpc) is 2.87.